The molecule has 3 nitrogen and oxygen atoms in total. The second-order valence-electron chi connectivity index (χ2n) is 7.07. The van der Waals surface area contributed by atoms with Crippen molar-refractivity contribution in [3.63, 3.8) is 0 Å². The molecule has 0 bridgehead atoms. The molecule has 0 spiro atoms. The molecule has 1 aromatic carbocycles. The van der Waals surface area contributed by atoms with Crippen LogP contribution < -0.4 is 0 Å². The van der Waals surface area contributed by atoms with Gasteiger partial charge < -0.3 is 4.74 Å². The topological polar surface area (TPSA) is 43.4 Å². The predicted molar refractivity (Wildman–Crippen MR) is 100 cm³/mol. The van der Waals surface area contributed by atoms with E-state index in [-0.39, 0.29) is 17.8 Å². The van der Waals surface area contributed by atoms with Gasteiger partial charge in [0.2, 0.25) is 0 Å². The van der Waals surface area contributed by atoms with Gasteiger partial charge in [-0.05, 0) is 49.7 Å². The van der Waals surface area contributed by atoms with E-state index in [1.807, 2.05) is 37.3 Å². The smallest absolute Gasteiger partial charge is 0.338 e. The third-order valence-corrected chi connectivity index (χ3v) is 5.45. The van der Waals surface area contributed by atoms with Crippen LogP contribution in [0.1, 0.15) is 49.4 Å². The lowest BCUT2D eigenvalue weighted by atomic mass is 9.69. The summed E-state index contributed by atoms with van der Waals surface area (Å²) in [5, 5.41) is 0. The summed E-state index contributed by atoms with van der Waals surface area (Å²) in [5.41, 5.74) is 0.161. The molecular formula is C22H28O3. The summed E-state index contributed by atoms with van der Waals surface area (Å²) in [6.07, 6.45) is 7.57. The van der Waals surface area contributed by atoms with Gasteiger partial charge in [-0.3, -0.25) is 4.79 Å². The summed E-state index contributed by atoms with van der Waals surface area (Å²) in [5.74, 6) is 0.359. The Bertz CT molecular complexity index is 619. The van der Waals surface area contributed by atoms with E-state index < -0.39 is 5.41 Å². The number of esters is 1. The largest absolute Gasteiger partial charge is 0.462 e. The molecule has 1 aromatic rings. The number of carbonyl (C=O) groups is 2. The van der Waals surface area contributed by atoms with Crippen molar-refractivity contribution in [3.05, 3.63) is 61.2 Å². The lowest BCUT2D eigenvalue weighted by Gasteiger charge is -2.35. The molecule has 3 heteroatoms. The molecule has 25 heavy (non-hydrogen) atoms. The molecule has 0 N–H and O–H groups in total. The molecule has 0 radical (unpaired) electrons. The second kappa shape index (κ2) is 8.80. The lowest BCUT2D eigenvalue weighted by molar-refractivity contribution is -0.127. The summed E-state index contributed by atoms with van der Waals surface area (Å²) in [7, 11) is 0. The summed E-state index contributed by atoms with van der Waals surface area (Å²) < 4.78 is 5.60. The quantitative estimate of drug-likeness (QED) is 0.470. The van der Waals surface area contributed by atoms with Crippen LogP contribution in [-0.2, 0) is 9.53 Å². The highest BCUT2D eigenvalue weighted by Crippen LogP contribution is 2.48. The highest BCUT2D eigenvalue weighted by atomic mass is 16.5. The molecule has 134 valence electrons. The molecule has 1 fully saturated rings. The van der Waals surface area contributed by atoms with Gasteiger partial charge in [0.15, 0.2) is 0 Å². The standard InChI is InChI=1S/C22H28O3/c1-4-6-10-18(16-25-21(24)17-11-8-7-9-12-17)19-13-14-20(23)22(19,3)15-5-2/h4-5,7-9,11-12,18-19H,1-2,6,10,13-16H2,3H3/t18-,19+,22+/m0/s1. The first kappa shape index (κ1) is 19.2. The molecule has 1 aliphatic carbocycles. The summed E-state index contributed by atoms with van der Waals surface area (Å²) in [4.78, 5) is 24.7. The van der Waals surface area contributed by atoms with E-state index in [1.54, 1.807) is 12.1 Å². The van der Waals surface area contributed by atoms with E-state index in [0.29, 0.717) is 30.8 Å². The summed E-state index contributed by atoms with van der Waals surface area (Å²) in [6, 6.07) is 9.02. The zero-order valence-electron chi connectivity index (χ0n) is 15.1. The molecule has 1 saturated carbocycles. The van der Waals surface area contributed by atoms with E-state index in [9.17, 15) is 9.59 Å². The SMILES string of the molecule is C=CCC[C@@H](COC(=O)c1ccccc1)[C@H]1CCC(=O)[C@]1(C)CC=C. The van der Waals surface area contributed by atoms with Crippen molar-refractivity contribution in [3.8, 4) is 0 Å². The number of carbonyl (C=O) groups excluding carboxylic acids is 2. The van der Waals surface area contributed by atoms with Gasteiger partial charge in [-0.15, -0.1) is 13.2 Å². The Labute approximate surface area is 150 Å². The maximum Gasteiger partial charge on any atom is 0.338 e. The third-order valence-electron chi connectivity index (χ3n) is 5.45. The number of Topliss-reactive ketones (excluding diaryl/α,β-unsaturated/α-hetero) is 1. The molecule has 0 saturated heterocycles. The summed E-state index contributed by atoms with van der Waals surface area (Å²) >= 11 is 0. The number of hydrogen-bond acceptors (Lipinski definition) is 3. The molecule has 2 rings (SSSR count). The number of benzene rings is 1. The van der Waals surface area contributed by atoms with Crippen molar-refractivity contribution in [2.75, 3.05) is 6.61 Å². The van der Waals surface area contributed by atoms with Crippen molar-refractivity contribution in [2.24, 2.45) is 17.3 Å². The zero-order valence-corrected chi connectivity index (χ0v) is 15.1. The average molecular weight is 340 g/mol. The van der Waals surface area contributed by atoms with Crippen LogP contribution in [-0.4, -0.2) is 18.4 Å². The van der Waals surface area contributed by atoms with Crippen molar-refractivity contribution >= 4 is 11.8 Å². The van der Waals surface area contributed by atoms with Gasteiger partial charge in [0.25, 0.3) is 0 Å². The fourth-order valence-corrected chi connectivity index (χ4v) is 3.99. The number of ketones is 1. The first-order chi connectivity index (χ1) is 12.0. The molecule has 1 aliphatic rings. The van der Waals surface area contributed by atoms with Crippen LogP contribution in [0.15, 0.2) is 55.6 Å². The highest BCUT2D eigenvalue weighted by Gasteiger charge is 2.48. The van der Waals surface area contributed by atoms with Gasteiger partial charge in [0, 0.05) is 11.8 Å². The van der Waals surface area contributed by atoms with Crippen LogP contribution in [0.3, 0.4) is 0 Å². The van der Waals surface area contributed by atoms with Crippen LogP contribution >= 0.6 is 0 Å². The first-order valence-electron chi connectivity index (χ1n) is 9.00. The van der Waals surface area contributed by atoms with Gasteiger partial charge in [-0.2, -0.15) is 0 Å². The molecule has 0 heterocycles. The van der Waals surface area contributed by atoms with E-state index in [1.165, 1.54) is 0 Å². The Morgan fingerprint density at radius 2 is 2.04 bits per heavy atom. The molecule has 0 aromatic heterocycles. The van der Waals surface area contributed by atoms with E-state index >= 15 is 0 Å². The minimum absolute atomic E-state index is 0.155. The zero-order chi connectivity index (χ0) is 18.3. The summed E-state index contributed by atoms with van der Waals surface area (Å²) in [6.45, 7) is 9.99. The van der Waals surface area contributed by atoms with Crippen molar-refractivity contribution < 1.29 is 14.3 Å². The average Bonchev–Trinajstić information content (AvgIpc) is 2.91. The fraction of sp³-hybridized carbons (Fsp3) is 0.455. The number of hydrogen-bond donors (Lipinski definition) is 0. The van der Waals surface area contributed by atoms with E-state index in [0.717, 1.165) is 19.3 Å². The van der Waals surface area contributed by atoms with Gasteiger partial charge in [0.1, 0.15) is 5.78 Å². The molecule has 0 amide bonds. The number of allylic oxidation sites excluding steroid dienone is 2. The van der Waals surface area contributed by atoms with Gasteiger partial charge in [-0.1, -0.05) is 37.3 Å². The molecule has 3 atom stereocenters. The minimum Gasteiger partial charge on any atom is -0.462 e. The Kier molecular flexibility index (Phi) is 6.74. The molecule has 0 aliphatic heterocycles. The Balaban J connectivity index is 2.10. The van der Waals surface area contributed by atoms with Gasteiger partial charge in [-0.25, -0.2) is 4.79 Å². The fourth-order valence-electron chi connectivity index (χ4n) is 3.99. The van der Waals surface area contributed by atoms with E-state index in [2.05, 4.69) is 13.2 Å². The van der Waals surface area contributed by atoms with E-state index in [4.69, 9.17) is 4.74 Å². The third kappa shape index (κ3) is 4.47. The van der Waals surface area contributed by atoms with Crippen molar-refractivity contribution in [2.45, 2.75) is 39.0 Å². The monoisotopic (exact) mass is 340 g/mol. The molecular weight excluding hydrogens is 312 g/mol. The number of ether oxygens (including phenoxy) is 1. The maximum absolute atomic E-state index is 12.5. The Morgan fingerprint density at radius 3 is 2.68 bits per heavy atom. The Morgan fingerprint density at radius 1 is 1.32 bits per heavy atom. The number of rotatable bonds is 9. The van der Waals surface area contributed by atoms with Crippen LogP contribution in [0, 0.1) is 17.3 Å². The van der Waals surface area contributed by atoms with Crippen molar-refractivity contribution in [1.29, 1.82) is 0 Å². The molecule has 0 unspecified atom stereocenters. The maximum atomic E-state index is 12.5. The van der Waals surface area contributed by atoms with Crippen LogP contribution in [0.25, 0.3) is 0 Å². The normalized spacial score (nSPS) is 23.9. The highest BCUT2D eigenvalue weighted by molar-refractivity contribution is 5.89. The van der Waals surface area contributed by atoms with Crippen molar-refractivity contribution in [1.82, 2.24) is 0 Å². The van der Waals surface area contributed by atoms with Crippen LogP contribution in [0.4, 0.5) is 0 Å². The van der Waals surface area contributed by atoms with Crippen LogP contribution in [0.5, 0.6) is 0 Å². The lowest BCUT2D eigenvalue weighted by Crippen LogP contribution is -2.35. The Hall–Kier alpha value is -2.16. The van der Waals surface area contributed by atoms with Gasteiger partial charge in [0.05, 0.1) is 12.2 Å². The van der Waals surface area contributed by atoms with Gasteiger partial charge >= 0.3 is 5.97 Å². The predicted octanol–water partition coefficient (Wildman–Crippen LogP) is 4.99. The second-order valence-corrected chi connectivity index (χ2v) is 7.07. The van der Waals surface area contributed by atoms with Crippen LogP contribution in [0.2, 0.25) is 0 Å². The minimum atomic E-state index is -0.396. The first-order valence-corrected chi connectivity index (χ1v) is 9.00.